The average molecular weight is 1180 g/mol. The molecule has 76 heavy (non-hydrogen) atoms. The Balaban J connectivity index is 1.05. The molecule has 20 heteroatoms. The third-order valence-corrected chi connectivity index (χ3v) is 61.2. The zero-order valence-corrected chi connectivity index (χ0v) is 53.6. The minimum Gasteiger partial charge on any atom is -0.373 e. The van der Waals surface area contributed by atoms with Crippen LogP contribution in [0.1, 0.15) is 242 Å². The first-order valence-corrected chi connectivity index (χ1v) is 46.4. The van der Waals surface area contributed by atoms with Crippen molar-refractivity contribution >= 4 is 70.4 Å². The third-order valence-electron chi connectivity index (χ3n) is 21.6. The fraction of sp³-hybridized carbons (Fsp3) is 0.786. The molecule has 12 nitrogen and oxygen atoms in total. The van der Waals surface area contributed by atoms with Gasteiger partial charge in [0.1, 0.15) is 0 Å². The van der Waals surface area contributed by atoms with Crippen LogP contribution in [-0.2, 0) is 49.4 Å². The first-order valence-electron chi connectivity index (χ1n) is 31.9. The maximum Gasteiger partial charge on any atom is 0.482 e. The van der Waals surface area contributed by atoms with E-state index in [0.717, 1.165) is 180 Å². The van der Waals surface area contributed by atoms with Crippen molar-refractivity contribution in [3.05, 3.63) is 59.7 Å². The Kier molecular flexibility index (Phi) is 14.4. The van der Waals surface area contributed by atoms with Gasteiger partial charge >= 0.3 is 70.4 Å². The predicted molar refractivity (Wildman–Crippen MR) is 305 cm³/mol. The van der Waals surface area contributed by atoms with Gasteiger partial charge in [-0.1, -0.05) is 183 Å². The van der Waals surface area contributed by atoms with Crippen molar-refractivity contribution in [2.24, 2.45) is 0 Å². The average Bonchev–Trinajstić information content (AvgIpc) is 3.81. The van der Waals surface area contributed by atoms with Gasteiger partial charge in [-0.05, 0) is 112 Å². The highest BCUT2D eigenvalue weighted by Crippen LogP contribution is 2.66. The minimum absolute atomic E-state index is 0.00492. The highest BCUT2D eigenvalue weighted by molar-refractivity contribution is 7.04. The van der Waals surface area contributed by atoms with Crippen LogP contribution in [0.15, 0.2) is 48.5 Å². The van der Waals surface area contributed by atoms with Gasteiger partial charge in [-0.2, -0.15) is 0 Å². The molecule has 0 aromatic heterocycles. The molecule has 8 aliphatic carbocycles. The highest BCUT2D eigenvalue weighted by atomic mass is 28.6. The highest BCUT2D eigenvalue weighted by Gasteiger charge is 2.88. The fourth-order valence-electron chi connectivity index (χ4n) is 17.7. The van der Waals surface area contributed by atoms with E-state index in [1.54, 1.807) is 0 Å². The molecule has 13 fully saturated rings. The summed E-state index contributed by atoms with van der Waals surface area (Å²) in [6.45, 7) is 0. The molecule has 6 saturated heterocycles. The van der Waals surface area contributed by atoms with E-state index in [2.05, 4.69) is 48.5 Å². The van der Waals surface area contributed by atoms with E-state index in [4.69, 9.17) is 49.4 Å². The molecule has 8 bridgehead atoms. The van der Waals surface area contributed by atoms with Crippen molar-refractivity contribution in [3.63, 3.8) is 0 Å². The lowest BCUT2D eigenvalue weighted by Crippen LogP contribution is -2.91. The molecule has 2 aromatic carbocycles. The fourth-order valence-corrected chi connectivity index (χ4v) is 74.0. The van der Waals surface area contributed by atoms with Crippen molar-refractivity contribution in [2.45, 2.75) is 275 Å². The van der Waals surface area contributed by atoms with Crippen molar-refractivity contribution in [1.29, 1.82) is 0 Å². The van der Waals surface area contributed by atoms with Gasteiger partial charge in [-0.25, -0.2) is 0 Å². The van der Waals surface area contributed by atoms with Gasteiger partial charge in [0.15, 0.2) is 0 Å². The molecule has 2 aromatic rings. The predicted octanol–water partition coefficient (Wildman–Crippen LogP) is 15.9. The molecule has 0 atom stereocenters. The first kappa shape index (κ1) is 52.5. The zero-order valence-electron chi connectivity index (χ0n) is 45.6. The van der Waals surface area contributed by atoms with Gasteiger partial charge in [0.2, 0.25) is 0 Å². The molecule has 0 spiro atoms. The number of hydrogen-bond donors (Lipinski definition) is 0. The summed E-state index contributed by atoms with van der Waals surface area (Å²) in [5.41, 5.74) is 5.26. The first-order chi connectivity index (χ1) is 37.3. The Labute approximate surface area is 463 Å². The van der Waals surface area contributed by atoms with E-state index in [0.29, 0.717) is 6.04 Å². The quantitative estimate of drug-likeness (QED) is 0.223. The molecule has 0 N–H and O–H groups in total. The Hall–Kier alpha value is -0.305. The number of hydrogen-bond acceptors (Lipinski definition) is 12. The van der Waals surface area contributed by atoms with Gasteiger partial charge < -0.3 is 49.4 Å². The largest absolute Gasteiger partial charge is 0.482 e. The second-order valence-electron chi connectivity index (χ2n) is 26.4. The lowest BCUT2D eigenvalue weighted by atomic mass is 9.99. The van der Waals surface area contributed by atoms with Gasteiger partial charge in [0.05, 0.1) is 0 Å². The maximum absolute atomic E-state index is 8.92. The standard InChI is InChI=1S/C56H88O12Si8/c1-8-26-45(27-9-1)70-57-69(44-56-54-42-24-22-40-52(54)53-41-23-25-43-55(53)56)58-71(46-28-10-2-11-29-46)62-73(60-70,48-32-14-4-15-33-48)66-76(51-38-20-7-21-39-51)67-74(61-70,49-34-16-5-17-35-49)63-72(59-69,47-30-12-3-13-31-47)65-75(64-71,68-76)50-36-18-6-19-37-50/h22-25,40-43,45-51,56H,1-21,26-39,44H2. The van der Waals surface area contributed by atoms with Crippen molar-refractivity contribution < 1.29 is 49.4 Å². The molecule has 6 heterocycles. The smallest absolute Gasteiger partial charge is 0.373 e. The van der Waals surface area contributed by atoms with E-state index in [-0.39, 0.29) is 44.7 Å². The summed E-state index contributed by atoms with van der Waals surface area (Å²) in [6, 6.07) is 18.7. The summed E-state index contributed by atoms with van der Waals surface area (Å²) < 4.78 is 107. The second kappa shape index (κ2) is 20.8. The SMILES string of the molecule is c1ccc2c(c1)-c1ccccc1C2C[Si]12O[Si]3(C4CCCCC4)O[Si]4(C5CCCCC5)O[Si](C5CCCCC5)(O1)O[Si]1(C5CCCCC5)O[Si](C5CCCCC5)(O2)O[Si](C2CCCCC2)(O3)O[Si](C2CCCCC2)(O4)O1. The monoisotopic (exact) mass is 1180 g/mol. The van der Waals surface area contributed by atoms with Crippen LogP contribution in [0.2, 0.25) is 44.8 Å². The van der Waals surface area contributed by atoms with E-state index >= 15 is 0 Å². The molecule has 0 amide bonds. The van der Waals surface area contributed by atoms with Crippen molar-refractivity contribution in [1.82, 2.24) is 0 Å². The number of benzene rings is 2. The zero-order chi connectivity index (χ0) is 50.5. The van der Waals surface area contributed by atoms with Crippen LogP contribution >= 0.6 is 0 Å². The van der Waals surface area contributed by atoms with Gasteiger partial charge in [-0.3, -0.25) is 0 Å². The van der Waals surface area contributed by atoms with Crippen LogP contribution < -0.4 is 0 Å². The molecular formula is C56H88O12Si8. The minimum atomic E-state index is -4.28. The summed E-state index contributed by atoms with van der Waals surface area (Å²) in [7, 11) is -33.0. The summed E-state index contributed by atoms with van der Waals surface area (Å²) >= 11 is 0. The lowest BCUT2D eigenvalue weighted by molar-refractivity contribution is -0.0515. The molecule has 416 valence electrons. The molecule has 6 aliphatic heterocycles. The van der Waals surface area contributed by atoms with E-state index < -0.39 is 70.4 Å². The number of rotatable bonds is 9. The Bertz CT molecular complexity index is 2170. The van der Waals surface area contributed by atoms with E-state index in [1.807, 2.05) is 0 Å². The molecule has 0 radical (unpaired) electrons. The van der Waals surface area contributed by atoms with Gasteiger partial charge in [-0.15, -0.1) is 0 Å². The molecule has 0 unspecified atom stereocenters. The Morgan fingerprint density at radius 2 is 0.447 bits per heavy atom. The second-order valence-corrected chi connectivity index (χ2v) is 52.1. The van der Waals surface area contributed by atoms with E-state index in [9.17, 15) is 0 Å². The molecule has 16 rings (SSSR count). The maximum atomic E-state index is 8.92. The Morgan fingerprint density at radius 1 is 0.250 bits per heavy atom. The molecular weight excluding hydrogens is 1090 g/mol. The summed E-state index contributed by atoms with van der Waals surface area (Å²) in [5, 5.41) is 0. The lowest BCUT2D eigenvalue weighted by Gasteiger charge is -2.68. The Morgan fingerprint density at radius 3 is 0.671 bits per heavy atom. The van der Waals surface area contributed by atoms with Crippen LogP contribution in [0, 0.1) is 0 Å². The van der Waals surface area contributed by atoms with Crippen molar-refractivity contribution in [3.8, 4) is 11.1 Å². The summed E-state index contributed by atoms with van der Waals surface area (Å²) in [5.74, 6) is -0.0662. The van der Waals surface area contributed by atoms with Gasteiger partial charge in [0, 0.05) is 50.8 Å². The summed E-state index contributed by atoms with van der Waals surface area (Å²) in [4.78, 5) is 0. The van der Waals surface area contributed by atoms with Crippen LogP contribution in [0.25, 0.3) is 11.1 Å². The molecule has 7 saturated carbocycles. The van der Waals surface area contributed by atoms with E-state index in [1.165, 1.54) is 67.2 Å². The van der Waals surface area contributed by atoms with Crippen molar-refractivity contribution in [2.75, 3.05) is 0 Å². The topological polar surface area (TPSA) is 111 Å². The van der Waals surface area contributed by atoms with Crippen LogP contribution in [0.3, 0.4) is 0 Å². The van der Waals surface area contributed by atoms with Crippen LogP contribution in [0.5, 0.6) is 0 Å². The molecule has 14 aliphatic rings. The van der Waals surface area contributed by atoms with Gasteiger partial charge in [0.25, 0.3) is 0 Å². The number of fused-ring (bicyclic) bond motifs is 3. The van der Waals surface area contributed by atoms with Crippen LogP contribution in [-0.4, -0.2) is 70.4 Å². The summed E-state index contributed by atoms with van der Waals surface area (Å²) in [6.07, 6.45) is 37.4. The van der Waals surface area contributed by atoms with Crippen LogP contribution in [0.4, 0.5) is 0 Å². The third kappa shape index (κ3) is 8.94. The normalized spacial score (nSPS) is 42.7.